The van der Waals surface area contributed by atoms with Crippen LogP contribution in [0.15, 0.2) is 42.9 Å². The Morgan fingerprint density at radius 3 is 2.62 bits per heavy atom. The highest BCUT2D eigenvalue weighted by Crippen LogP contribution is 2.38. The van der Waals surface area contributed by atoms with Gasteiger partial charge in [0.2, 0.25) is 5.88 Å². The summed E-state index contributed by atoms with van der Waals surface area (Å²) >= 11 is 0. The van der Waals surface area contributed by atoms with Gasteiger partial charge in [-0.2, -0.15) is 5.10 Å². The van der Waals surface area contributed by atoms with Gasteiger partial charge in [-0.25, -0.2) is 4.98 Å². The topological polar surface area (TPSA) is 78.9 Å². The third-order valence-electron chi connectivity index (χ3n) is 3.28. The van der Waals surface area contributed by atoms with E-state index in [1.165, 1.54) is 0 Å². The van der Waals surface area contributed by atoms with E-state index in [-0.39, 0.29) is 0 Å². The van der Waals surface area contributed by atoms with Crippen LogP contribution >= 0.6 is 0 Å². The Kier molecular flexibility index (Phi) is 3.27. The number of methoxy groups -OCH3 is 1. The highest BCUT2D eigenvalue weighted by atomic mass is 16.5. The zero-order chi connectivity index (χ0) is 14.8. The number of nitrogens with zero attached hydrogens (tertiary/aromatic N) is 4. The molecule has 6 nitrogen and oxygen atoms in total. The van der Waals surface area contributed by atoms with Gasteiger partial charge in [-0.3, -0.25) is 9.67 Å². The Labute approximate surface area is 122 Å². The fourth-order valence-corrected chi connectivity index (χ4v) is 2.26. The van der Waals surface area contributed by atoms with E-state index in [1.807, 2.05) is 31.3 Å². The molecule has 3 aromatic heterocycles. The van der Waals surface area contributed by atoms with E-state index in [1.54, 1.807) is 30.4 Å². The first-order valence-corrected chi connectivity index (χ1v) is 6.44. The molecule has 0 aliphatic rings. The van der Waals surface area contributed by atoms with Crippen LogP contribution in [0, 0.1) is 0 Å². The van der Waals surface area contributed by atoms with Crippen molar-refractivity contribution in [3.05, 3.63) is 42.9 Å². The van der Waals surface area contributed by atoms with Gasteiger partial charge in [0.05, 0.1) is 18.2 Å². The van der Waals surface area contributed by atoms with E-state index in [0.717, 1.165) is 22.4 Å². The van der Waals surface area contributed by atoms with Gasteiger partial charge in [0.25, 0.3) is 0 Å². The van der Waals surface area contributed by atoms with Crippen LogP contribution in [0.2, 0.25) is 0 Å². The number of aromatic nitrogens is 4. The van der Waals surface area contributed by atoms with Crippen molar-refractivity contribution in [1.82, 2.24) is 19.7 Å². The molecule has 0 aliphatic heterocycles. The molecule has 3 heterocycles. The second-order valence-corrected chi connectivity index (χ2v) is 4.53. The number of hydrogen-bond donors (Lipinski definition) is 1. The number of anilines is 1. The maximum atomic E-state index is 6.18. The summed E-state index contributed by atoms with van der Waals surface area (Å²) < 4.78 is 6.98. The number of ether oxygens (including phenoxy) is 1. The first kappa shape index (κ1) is 13.1. The first-order chi connectivity index (χ1) is 10.2. The van der Waals surface area contributed by atoms with Crippen LogP contribution in [-0.2, 0) is 7.05 Å². The first-order valence-electron chi connectivity index (χ1n) is 6.44. The van der Waals surface area contributed by atoms with Gasteiger partial charge in [-0.1, -0.05) is 0 Å². The number of nitrogen functional groups attached to an aromatic ring is 1. The summed E-state index contributed by atoms with van der Waals surface area (Å²) in [6.45, 7) is 0. The average molecular weight is 281 g/mol. The molecular formula is C15H15N5O. The number of nitrogens with two attached hydrogens (primary N) is 1. The molecule has 0 aromatic carbocycles. The van der Waals surface area contributed by atoms with Crippen LogP contribution in [0.1, 0.15) is 0 Å². The molecule has 21 heavy (non-hydrogen) atoms. The van der Waals surface area contributed by atoms with Crippen molar-refractivity contribution in [3.8, 4) is 28.3 Å². The molecule has 106 valence electrons. The molecule has 0 fully saturated rings. The van der Waals surface area contributed by atoms with Crippen LogP contribution in [0.3, 0.4) is 0 Å². The van der Waals surface area contributed by atoms with Crippen molar-refractivity contribution < 1.29 is 4.74 Å². The normalized spacial score (nSPS) is 10.6. The molecule has 0 bridgehead atoms. The minimum atomic E-state index is 0.519. The third kappa shape index (κ3) is 2.20. The Hall–Kier alpha value is -2.89. The largest absolute Gasteiger partial charge is 0.481 e. The van der Waals surface area contributed by atoms with Crippen LogP contribution in [0.5, 0.6) is 5.88 Å². The summed E-state index contributed by atoms with van der Waals surface area (Å²) in [6.07, 6.45) is 5.14. The SMILES string of the molecule is COc1ncccc1-c1nn(C)c(N)c1-c1ccncc1. The molecule has 0 radical (unpaired) electrons. The van der Waals surface area contributed by atoms with E-state index in [2.05, 4.69) is 15.1 Å². The monoisotopic (exact) mass is 281 g/mol. The van der Waals surface area contributed by atoms with Gasteiger partial charge in [0.1, 0.15) is 11.5 Å². The fraction of sp³-hybridized carbons (Fsp3) is 0.133. The molecule has 0 amide bonds. The molecule has 2 N–H and O–H groups in total. The van der Waals surface area contributed by atoms with E-state index >= 15 is 0 Å². The third-order valence-corrected chi connectivity index (χ3v) is 3.28. The zero-order valence-electron chi connectivity index (χ0n) is 11.8. The molecular weight excluding hydrogens is 266 g/mol. The molecule has 0 atom stereocenters. The van der Waals surface area contributed by atoms with Crippen LogP contribution in [0.4, 0.5) is 5.82 Å². The lowest BCUT2D eigenvalue weighted by molar-refractivity contribution is 0.399. The molecule has 0 saturated heterocycles. The summed E-state index contributed by atoms with van der Waals surface area (Å²) in [5, 5.41) is 4.52. The minimum absolute atomic E-state index is 0.519. The number of rotatable bonds is 3. The molecule has 0 unspecified atom stereocenters. The molecule has 3 aromatic rings. The molecule has 0 saturated carbocycles. The van der Waals surface area contributed by atoms with E-state index in [4.69, 9.17) is 10.5 Å². The smallest absolute Gasteiger partial charge is 0.222 e. The average Bonchev–Trinajstić information content (AvgIpc) is 2.83. The van der Waals surface area contributed by atoms with E-state index < -0.39 is 0 Å². The predicted molar refractivity (Wildman–Crippen MR) is 80.6 cm³/mol. The van der Waals surface area contributed by atoms with Gasteiger partial charge in [-0.15, -0.1) is 0 Å². The number of hydrogen-bond acceptors (Lipinski definition) is 5. The standard InChI is InChI=1S/C15H15N5O/c1-20-14(16)12(10-5-8-17-9-6-10)13(19-20)11-4-3-7-18-15(11)21-2/h3-9H,16H2,1-2H3. The maximum absolute atomic E-state index is 6.18. The van der Waals surface area contributed by atoms with Crippen LogP contribution in [0.25, 0.3) is 22.4 Å². The van der Waals surface area contributed by atoms with Crippen molar-refractivity contribution >= 4 is 5.82 Å². The molecule has 0 aliphatic carbocycles. The Bertz CT molecular complexity index is 767. The van der Waals surface area contributed by atoms with Gasteiger partial charge in [0.15, 0.2) is 0 Å². The minimum Gasteiger partial charge on any atom is -0.481 e. The Morgan fingerprint density at radius 1 is 1.14 bits per heavy atom. The lowest BCUT2D eigenvalue weighted by atomic mass is 10.0. The van der Waals surface area contributed by atoms with Crippen molar-refractivity contribution in [3.63, 3.8) is 0 Å². The lowest BCUT2D eigenvalue weighted by Gasteiger charge is -2.07. The molecule has 6 heteroatoms. The maximum Gasteiger partial charge on any atom is 0.222 e. The fourth-order valence-electron chi connectivity index (χ4n) is 2.26. The van der Waals surface area contributed by atoms with E-state index in [9.17, 15) is 0 Å². The zero-order valence-corrected chi connectivity index (χ0v) is 11.8. The molecule has 3 rings (SSSR count). The van der Waals surface area contributed by atoms with Crippen LogP contribution < -0.4 is 10.5 Å². The molecule has 0 spiro atoms. The van der Waals surface area contributed by atoms with Crippen molar-refractivity contribution in [2.24, 2.45) is 7.05 Å². The van der Waals surface area contributed by atoms with Gasteiger partial charge >= 0.3 is 0 Å². The van der Waals surface area contributed by atoms with Crippen LogP contribution in [-0.4, -0.2) is 26.9 Å². The summed E-state index contributed by atoms with van der Waals surface area (Å²) in [5.74, 6) is 1.10. The second-order valence-electron chi connectivity index (χ2n) is 4.53. The predicted octanol–water partition coefficient (Wildman–Crippen LogP) is 2.13. The highest BCUT2D eigenvalue weighted by Gasteiger charge is 2.20. The van der Waals surface area contributed by atoms with Crippen molar-refractivity contribution in [1.29, 1.82) is 0 Å². The quantitative estimate of drug-likeness (QED) is 0.795. The second kappa shape index (κ2) is 5.24. The lowest BCUT2D eigenvalue weighted by Crippen LogP contribution is -1.98. The van der Waals surface area contributed by atoms with Gasteiger partial charge < -0.3 is 10.5 Å². The van der Waals surface area contributed by atoms with Crippen molar-refractivity contribution in [2.75, 3.05) is 12.8 Å². The van der Waals surface area contributed by atoms with Gasteiger partial charge in [0, 0.05) is 25.6 Å². The summed E-state index contributed by atoms with van der Waals surface area (Å²) in [4.78, 5) is 8.26. The Balaban J connectivity index is 2.27. The highest BCUT2D eigenvalue weighted by molar-refractivity contribution is 5.89. The van der Waals surface area contributed by atoms with E-state index in [0.29, 0.717) is 11.7 Å². The number of aryl methyl sites for hydroxylation is 1. The summed E-state index contributed by atoms with van der Waals surface area (Å²) in [7, 11) is 3.40. The van der Waals surface area contributed by atoms with Crippen molar-refractivity contribution in [2.45, 2.75) is 0 Å². The van der Waals surface area contributed by atoms with Gasteiger partial charge in [-0.05, 0) is 29.8 Å². The number of pyridine rings is 2. The summed E-state index contributed by atoms with van der Waals surface area (Å²) in [5.41, 5.74) is 9.54. The summed E-state index contributed by atoms with van der Waals surface area (Å²) in [6, 6.07) is 7.57. The Morgan fingerprint density at radius 2 is 1.90 bits per heavy atom.